The van der Waals surface area contributed by atoms with Crippen LogP contribution in [0.25, 0.3) is 21.9 Å². The lowest BCUT2D eigenvalue weighted by molar-refractivity contribution is 1.07. The van der Waals surface area contributed by atoms with E-state index in [0.717, 1.165) is 0 Å². The Morgan fingerprint density at radius 2 is 1.45 bits per heavy atom. The minimum absolute atomic E-state index is 0.593. The van der Waals surface area contributed by atoms with Gasteiger partial charge in [0.25, 0.3) is 0 Å². The maximum absolute atomic E-state index is 5.72. The number of rotatable bonds is 2. The maximum atomic E-state index is 5.72. The molecule has 2 N–H and O–H groups in total. The third-order valence-electron chi connectivity index (χ3n) is 3.96. The van der Waals surface area contributed by atoms with Crippen molar-refractivity contribution in [1.82, 2.24) is 0 Å². The second kappa shape index (κ2) is 5.10. The minimum Gasteiger partial charge on any atom is -0.326 e. The molecule has 20 heavy (non-hydrogen) atoms. The zero-order valence-corrected chi connectivity index (χ0v) is 12.0. The van der Waals surface area contributed by atoms with Crippen molar-refractivity contribution in [2.75, 3.05) is 0 Å². The van der Waals surface area contributed by atoms with Gasteiger partial charge in [0.2, 0.25) is 0 Å². The predicted octanol–water partition coefficient (Wildman–Crippen LogP) is 4.58. The molecule has 0 radical (unpaired) electrons. The van der Waals surface area contributed by atoms with Gasteiger partial charge in [-0.25, -0.2) is 0 Å². The van der Waals surface area contributed by atoms with E-state index in [9.17, 15) is 0 Å². The van der Waals surface area contributed by atoms with E-state index in [4.69, 9.17) is 5.73 Å². The fourth-order valence-electron chi connectivity index (χ4n) is 2.84. The van der Waals surface area contributed by atoms with Crippen LogP contribution in [0.5, 0.6) is 0 Å². The van der Waals surface area contributed by atoms with E-state index in [-0.39, 0.29) is 0 Å². The highest BCUT2D eigenvalue weighted by atomic mass is 14.5. The fourth-order valence-corrected chi connectivity index (χ4v) is 2.84. The van der Waals surface area contributed by atoms with Crippen LogP contribution in [0.3, 0.4) is 0 Å². The molecule has 1 heteroatoms. The zero-order chi connectivity index (χ0) is 14.1. The molecule has 100 valence electrons. The molecule has 0 aliphatic rings. The smallest absolute Gasteiger partial charge is 0.0178 e. The van der Waals surface area contributed by atoms with E-state index in [1.54, 1.807) is 0 Å². The highest BCUT2D eigenvalue weighted by Gasteiger charge is 2.08. The summed E-state index contributed by atoms with van der Waals surface area (Å²) in [4.78, 5) is 0. The van der Waals surface area contributed by atoms with Crippen molar-refractivity contribution in [3.63, 3.8) is 0 Å². The topological polar surface area (TPSA) is 26.0 Å². The monoisotopic (exact) mass is 261 g/mol. The molecule has 3 aromatic carbocycles. The SMILES string of the molecule is Cc1cc(CN)ccc1-c1ccc(C)c2ccccc12. The number of fused-ring (bicyclic) bond motifs is 1. The van der Waals surface area contributed by atoms with Gasteiger partial charge in [-0.1, -0.05) is 54.6 Å². The first kappa shape index (κ1) is 12.9. The summed E-state index contributed by atoms with van der Waals surface area (Å²) >= 11 is 0. The van der Waals surface area contributed by atoms with Crippen molar-refractivity contribution in [2.45, 2.75) is 20.4 Å². The lowest BCUT2D eigenvalue weighted by atomic mass is 9.92. The Hall–Kier alpha value is -2.12. The first-order valence-electron chi connectivity index (χ1n) is 6.99. The largest absolute Gasteiger partial charge is 0.326 e. The van der Waals surface area contributed by atoms with Gasteiger partial charge >= 0.3 is 0 Å². The molecule has 0 aromatic heterocycles. The summed E-state index contributed by atoms with van der Waals surface area (Å²) < 4.78 is 0. The Kier molecular flexibility index (Phi) is 3.29. The van der Waals surface area contributed by atoms with Crippen molar-refractivity contribution in [3.8, 4) is 11.1 Å². The van der Waals surface area contributed by atoms with Crippen LogP contribution in [0.1, 0.15) is 16.7 Å². The van der Waals surface area contributed by atoms with E-state index in [1.165, 1.54) is 38.6 Å². The van der Waals surface area contributed by atoms with E-state index in [0.29, 0.717) is 6.54 Å². The van der Waals surface area contributed by atoms with E-state index in [2.05, 4.69) is 68.4 Å². The van der Waals surface area contributed by atoms with Gasteiger partial charge in [-0.2, -0.15) is 0 Å². The van der Waals surface area contributed by atoms with Gasteiger partial charge in [0.15, 0.2) is 0 Å². The molecule has 3 rings (SSSR count). The van der Waals surface area contributed by atoms with Gasteiger partial charge < -0.3 is 5.73 Å². The molecule has 3 aromatic rings. The molecular weight excluding hydrogens is 242 g/mol. The Bertz CT molecular complexity index is 772. The molecule has 0 aliphatic heterocycles. The zero-order valence-electron chi connectivity index (χ0n) is 12.0. The lowest BCUT2D eigenvalue weighted by Crippen LogP contribution is -1.97. The second-order valence-electron chi connectivity index (χ2n) is 5.33. The molecule has 1 nitrogen and oxygen atoms in total. The van der Waals surface area contributed by atoms with Gasteiger partial charge in [-0.3, -0.25) is 0 Å². The number of aryl methyl sites for hydroxylation is 2. The molecule has 0 unspecified atom stereocenters. The molecular formula is C19H19N. The van der Waals surface area contributed by atoms with Crippen LogP contribution in [-0.4, -0.2) is 0 Å². The van der Waals surface area contributed by atoms with E-state index >= 15 is 0 Å². The third kappa shape index (κ3) is 2.10. The van der Waals surface area contributed by atoms with Crippen LogP contribution in [-0.2, 0) is 6.54 Å². The minimum atomic E-state index is 0.593. The van der Waals surface area contributed by atoms with Crippen LogP contribution in [0.4, 0.5) is 0 Å². The highest BCUT2D eigenvalue weighted by molar-refractivity contribution is 5.99. The standard InChI is InChI=1S/C19H19N/c1-13-7-9-19(18-6-4-3-5-16(13)18)17-10-8-15(12-20)11-14(17)2/h3-11H,12,20H2,1-2H3. The molecule has 0 atom stereocenters. The summed E-state index contributed by atoms with van der Waals surface area (Å²) in [5, 5.41) is 2.64. The highest BCUT2D eigenvalue weighted by Crippen LogP contribution is 2.32. The Morgan fingerprint density at radius 1 is 0.750 bits per heavy atom. The van der Waals surface area contributed by atoms with Gasteiger partial charge in [-0.15, -0.1) is 0 Å². The van der Waals surface area contributed by atoms with Crippen LogP contribution in [0.2, 0.25) is 0 Å². The van der Waals surface area contributed by atoms with Crippen molar-refractivity contribution in [1.29, 1.82) is 0 Å². The van der Waals surface area contributed by atoms with Crippen molar-refractivity contribution in [3.05, 3.63) is 71.3 Å². The van der Waals surface area contributed by atoms with Crippen LogP contribution in [0.15, 0.2) is 54.6 Å². The van der Waals surface area contributed by atoms with Gasteiger partial charge in [0.05, 0.1) is 0 Å². The summed E-state index contributed by atoms with van der Waals surface area (Å²) in [6, 6.07) is 19.5. The third-order valence-corrected chi connectivity index (χ3v) is 3.96. The summed E-state index contributed by atoms with van der Waals surface area (Å²) in [6.45, 7) is 4.91. The van der Waals surface area contributed by atoms with Crippen LogP contribution >= 0.6 is 0 Å². The molecule has 0 bridgehead atoms. The Labute approximate surface area is 120 Å². The number of nitrogens with two attached hydrogens (primary N) is 1. The second-order valence-corrected chi connectivity index (χ2v) is 5.33. The molecule has 0 spiro atoms. The quantitative estimate of drug-likeness (QED) is 0.717. The number of hydrogen-bond acceptors (Lipinski definition) is 1. The maximum Gasteiger partial charge on any atom is 0.0178 e. The average Bonchev–Trinajstić information content (AvgIpc) is 2.48. The Balaban J connectivity index is 2.27. The lowest BCUT2D eigenvalue weighted by Gasteiger charge is -2.12. The first-order chi connectivity index (χ1) is 9.70. The summed E-state index contributed by atoms with van der Waals surface area (Å²) in [5.74, 6) is 0. The number of hydrogen-bond donors (Lipinski definition) is 1. The first-order valence-corrected chi connectivity index (χ1v) is 6.99. The summed E-state index contributed by atoms with van der Waals surface area (Å²) in [6.07, 6.45) is 0. The van der Waals surface area contributed by atoms with Crippen molar-refractivity contribution >= 4 is 10.8 Å². The molecule has 0 heterocycles. The normalized spacial score (nSPS) is 10.9. The Morgan fingerprint density at radius 3 is 2.15 bits per heavy atom. The molecule has 0 saturated carbocycles. The average molecular weight is 261 g/mol. The van der Waals surface area contributed by atoms with E-state index < -0.39 is 0 Å². The molecule has 0 saturated heterocycles. The van der Waals surface area contributed by atoms with Gasteiger partial charge in [0.1, 0.15) is 0 Å². The fraction of sp³-hybridized carbons (Fsp3) is 0.158. The number of benzene rings is 3. The van der Waals surface area contributed by atoms with E-state index in [1.807, 2.05) is 0 Å². The summed E-state index contributed by atoms with van der Waals surface area (Å²) in [7, 11) is 0. The predicted molar refractivity (Wildman–Crippen MR) is 86.7 cm³/mol. The van der Waals surface area contributed by atoms with Crippen LogP contribution in [0, 0.1) is 13.8 Å². The summed E-state index contributed by atoms with van der Waals surface area (Å²) in [5.41, 5.74) is 12.1. The van der Waals surface area contributed by atoms with Crippen LogP contribution < -0.4 is 5.73 Å². The van der Waals surface area contributed by atoms with Gasteiger partial charge in [-0.05, 0) is 52.4 Å². The molecule has 0 amide bonds. The van der Waals surface area contributed by atoms with Crippen molar-refractivity contribution < 1.29 is 0 Å². The van der Waals surface area contributed by atoms with Crippen molar-refractivity contribution in [2.24, 2.45) is 5.73 Å². The molecule has 0 fully saturated rings. The molecule has 0 aliphatic carbocycles. The van der Waals surface area contributed by atoms with Gasteiger partial charge in [0, 0.05) is 6.54 Å².